The molecule has 0 aliphatic rings. The topological polar surface area (TPSA) is 50.2 Å². The molecule has 0 unspecified atom stereocenters. The third-order valence-corrected chi connectivity index (χ3v) is 5.81. The molecular formula is C27H37FN4O. The van der Waals surface area contributed by atoms with Gasteiger partial charge in [-0.3, -0.25) is 4.79 Å². The molecule has 3 rings (SSSR count). The summed E-state index contributed by atoms with van der Waals surface area (Å²) in [7, 11) is 0. The molecule has 1 heterocycles. The van der Waals surface area contributed by atoms with Gasteiger partial charge in [0.25, 0.3) is 5.91 Å². The molecule has 178 valence electrons. The molecule has 0 spiro atoms. The average molecular weight is 453 g/mol. The van der Waals surface area contributed by atoms with E-state index in [-0.39, 0.29) is 5.91 Å². The van der Waals surface area contributed by atoms with Gasteiger partial charge in [-0.2, -0.15) is 0 Å². The predicted octanol–water partition coefficient (Wildman–Crippen LogP) is 5.92. The lowest BCUT2D eigenvalue weighted by Gasteiger charge is -2.22. The van der Waals surface area contributed by atoms with Crippen molar-refractivity contribution in [2.75, 3.05) is 13.1 Å². The van der Waals surface area contributed by atoms with Gasteiger partial charge in [0, 0.05) is 25.2 Å². The Morgan fingerprint density at radius 3 is 2.64 bits per heavy atom. The van der Waals surface area contributed by atoms with Gasteiger partial charge in [-0.15, -0.1) is 0 Å². The smallest absolute Gasteiger partial charge is 0.254 e. The number of carbonyl (C=O) groups excluding carboxylic acids is 1. The van der Waals surface area contributed by atoms with Crippen molar-refractivity contribution in [1.29, 1.82) is 0 Å². The van der Waals surface area contributed by atoms with E-state index in [9.17, 15) is 9.18 Å². The van der Waals surface area contributed by atoms with Crippen molar-refractivity contribution >= 4 is 16.9 Å². The minimum Gasteiger partial charge on any atom is -0.331 e. The molecule has 0 aliphatic heterocycles. The molecule has 0 aliphatic carbocycles. The van der Waals surface area contributed by atoms with Crippen LogP contribution in [-0.4, -0.2) is 33.4 Å². The Morgan fingerprint density at radius 1 is 1.06 bits per heavy atom. The third-order valence-electron chi connectivity index (χ3n) is 5.81. The van der Waals surface area contributed by atoms with Gasteiger partial charge in [0.2, 0.25) is 0 Å². The molecule has 33 heavy (non-hydrogen) atoms. The lowest BCUT2D eigenvalue weighted by atomic mass is 10.2. The van der Waals surface area contributed by atoms with Crippen molar-refractivity contribution in [3.05, 3.63) is 65.2 Å². The molecule has 0 radical (unpaired) electrons. The number of hydrogen-bond acceptors (Lipinski definition) is 3. The SMILES string of the molecule is CCCCCNCc1ccc2c(c1)nc(CN(CCC)C(=O)c1cccc(F)c1)n2CCC. The summed E-state index contributed by atoms with van der Waals surface area (Å²) >= 11 is 0. The van der Waals surface area contributed by atoms with Crippen molar-refractivity contribution in [2.24, 2.45) is 0 Å². The fraction of sp³-hybridized carbons (Fsp3) is 0.481. The van der Waals surface area contributed by atoms with Gasteiger partial charge in [-0.1, -0.05) is 45.7 Å². The zero-order valence-electron chi connectivity index (χ0n) is 20.2. The summed E-state index contributed by atoms with van der Waals surface area (Å²) in [5.74, 6) is 0.313. The van der Waals surface area contributed by atoms with Crippen LogP contribution in [0.2, 0.25) is 0 Å². The van der Waals surface area contributed by atoms with Gasteiger partial charge >= 0.3 is 0 Å². The summed E-state index contributed by atoms with van der Waals surface area (Å²) in [6.45, 7) is 10.1. The van der Waals surface area contributed by atoms with Crippen LogP contribution in [0.4, 0.5) is 4.39 Å². The van der Waals surface area contributed by atoms with Gasteiger partial charge < -0.3 is 14.8 Å². The molecule has 6 heteroatoms. The number of nitrogens with zero attached hydrogens (tertiary/aromatic N) is 3. The molecule has 3 aromatic rings. The molecule has 0 atom stereocenters. The molecule has 0 saturated carbocycles. The predicted molar refractivity (Wildman–Crippen MR) is 133 cm³/mol. The first kappa shape index (κ1) is 24.9. The Hall–Kier alpha value is -2.73. The largest absolute Gasteiger partial charge is 0.331 e. The summed E-state index contributed by atoms with van der Waals surface area (Å²) in [5, 5.41) is 3.52. The fourth-order valence-corrected chi connectivity index (χ4v) is 4.16. The average Bonchev–Trinajstić information content (AvgIpc) is 3.14. The Morgan fingerprint density at radius 2 is 1.91 bits per heavy atom. The normalized spacial score (nSPS) is 11.3. The first-order valence-corrected chi connectivity index (χ1v) is 12.3. The summed E-state index contributed by atoms with van der Waals surface area (Å²) in [6.07, 6.45) is 5.47. The lowest BCUT2D eigenvalue weighted by molar-refractivity contribution is 0.0736. The van der Waals surface area contributed by atoms with E-state index in [0.29, 0.717) is 18.7 Å². The standard InChI is InChI=1S/C27H37FN4O/c1-4-7-8-14-29-19-21-12-13-25-24(17-21)30-26(32(25)16-6-3)20-31(15-5-2)27(33)22-10-9-11-23(28)18-22/h9-13,17-18,29H,4-8,14-16,19-20H2,1-3H3. The van der Waals surface area contributed by atoms with Crippen LogP contribution in [0.1, 0.15) is 74.6 Å². The monoisotopic (exact) mass is 452 g/mol. The summed E-state index contributed by atoms with van der Waals surface area (Å²) in [6, 6.07) is 12.4. The van der Waals surface area contributed by atoms with Crippen LogP contribution in [0.3, 0.4) is 0 Å². The molecule has 1 aromatic heterocycles. The van der Waals surface area contributed by atoms with Crippen LogP contribution in [0.25, 0.3) is 11.0 Å². The quantitative estimate of drug-likeness (QED) is 0.328. The number of aromatic nitrogens is 2. The second-order valence-corrected chi connectivity index (χ2v) is 8.62. The number of rotatable bonds is 13. The van der Waals surface area contributed by atoms with E-state index in [1.54, 1.807) is 17.0 Å². The van der Waals surface area contributed by atoms with Crippen molar-refractivity contribution in [3.63, 3.8) is 0 Å². The minimum atomic E-state index is -0.397. The molecule has 1 N–H and O–H groups in total. The molecule has 0 bridgehead atoms. The minimum absolute atomic E-state index is 0.163. The van der Waals surface area contributed by atoms with Crippen molar-refractivity contribution < 1.29 is 9.18 Å². The zero-order chi connectivity index (χ0) is 23.6. The number of carbonyl (C=O) groups is 1. The molecule has 5 nitrogen and oxygen atoms in total. The van der Waals surface area contributed by atoms with Crippen molar-refractivity contribution in [2.45, 2.75) is 72.5 Å². The van der Waals surface area contributed by atoms with Crippen molar-refractivity contribution in [1.82, 2.24) is 19.8 Å². The van der Waals surface area contributed by atoms with E-state index in [0.717, 1.165) is 49.3 Å². The summed E-state index contributed by atoms with van der Waals surface area (Å²) in [4.78, 5) is 19.8. The highest BCUT2D eigenvalue weighted by Crippen LogP contribution is 2.21. The highest BCUT2D eigenvalue weighted by Gasteiger charge is 2.20. The van der Waals surface area contributed by atoms with Gasteiger partial charge in [-0.05, 0) is 61.7 Å². The van der Waals surface area contributed by atoms with Crippen LogP contribution >= 0.6 is 0 Å². The lowest BCUT2D eigenvalue weighted by Crippen LogP contribution is -2.32. The van der Waals surface area contributed by atoms with Gasteiger partial charge in [0.15, 0.2) is 0 Å². The van der Waals surface area contributed by atoms with Crippen molar-refractivity contribution in [3.8, 4) is 0 Å². The van der Waals surface area contributed by atoms with Crippen LogP contribution < -0.4 is 5.32 Å². The van der Waals surface area contributed by atoms with Crippen LogP contribution in [-0.2, 0) is 19.6 Å². The number of imidazole rings is 1. The van der Waals surface area contributed by atoms with E-state index in [4.69, 9.17) is 4.98 Å². The zero-order valence-corrected chi connectivity index (χ0v) is 20.2. The Bertz CT molecular complexity index is 1050. The molecular weight excluding hydrogens is 415 g/mol. The second-order valence-electron chi connectivity index (χ2n) is 8.62. The first-order valence-electron chi connectivity index (χ1n) is 12.3. The number of hydrogen-bond donors (Lipinski definition) is 1. The maximum atomic E-state index is 13.7. The molecule has 1 amide bonds. The number of benzene rings is 2. The van der Waals surface area contributed by atoms with Crippen LogP contribution in [0.15, 0.2) is 42.5 Å². The van der Waals surface area contributed by atoms with E-state index in [1.165, 1.54) is 37.0 Å². The fourth-order valence-electron chi connectivity index (χ4n) is 4.16. The van der Waals surface area contributed by atoms with E-state index >= 15 is 0 Å². The van der Waals surface area contributed by atoms with Crippen LogP contribution in [0, 0.1) is 5.82 Å². The van der Waals surface area contributed by atoms with E-state index < -0.39 is 5.82 Å². The number of amides is 1. The first-order chi connectivity index (χ1) is 16.1. The van der Waals surface area contributed by atoms with E-state index in [1.807, 2.05) is 6.92 Å². The maximum absolute atomic E-state index is 13.7. The molecule has 0 fully saturated rings. The Kier molecular flexibility index (Phi) is 9.43. The highest BCUT2D eigenvalue weighted by molar-refractivity contribution is 5.94. The second kappa shape index (κ2) is 12.5. The number of fused-ring (bicyclic) bond motifs is 1. The highest BCUT2D eigenvalue weighted by atomic mass is 19.1. The number of nitrogens with one attached hydrogen (secondary N) is 1. The number of halogens is 1. The maximum Gasteiger partial charge on any atom is 0.254 e. The van der Waals surface area contributed by atoms with Gasteiger partial charge in [0.05, 0.1) is 17.6 Å². The summed E-state index contributed by atoms with van der Waals surface area (Å²) in [5.41, 5.74) is 3.64. The Labute approximate surface area is 197 Å². The number of aryl methyl sites for hydroxylation is 1. The third kappa shape index (κ3) is 6.64. The molecule has 0 saturated heterocycles. The number of unbranched alkanes of at least 4 members (excludes halogenated alkanes) is 2. The van der Waals surface area contributed by atoms with E-state index in [2.05, 4.69) is 41.9 Å². The Balaban J connectivity index is 1.83. The van der Waals surface area contributed by atoms with Gasteiger partial charge in [0.1, 0.15) is 11.6 Å². The van der Waals surface area contributed by atoms with Gasteiger partial charge in [-0.25, -0.2) is 9.37 Å². The van der Waals surface area contributed by atoms with Crippen LogP contribution in [0.5, 0.6) is 0 Å². The summed E-state index contributed by atoms with van der Waals surface area (Å²) < 4.78 is 15.9. The molecule has 2 aromatic carbocycles.